The maximum absolute atomic E-state index is 12.1. The molecule has 0 radical (unpaired) electrons. The molecule has 0 spiro atoms. The fourth-order valence-electron chi connectivity index (χ4n) is 18.0. The molecule has 13 rings (SSSR count). The van der Waals surface area contributed by atoms with Gasteiger partial charge in [-0.15, -0.1) is 6.58 Å². The van der Waals surface area contributed by atoms with E-state index < -0.39 is 215 Å². The van der Waals surface area contributed by atoms with Crippen LogP contribution in [0.15, 0.2) is 49.1 Å². The van der Waals surface area contributed by atoms with Crippen LogP contribution in [0.3, 0.4) is 0 Å². The third-order valence-electron chi connectivity index (χ3n) is 23.3. The summed E-state index contributed by atoms with van der Waals surface area (Å²) >= 11 is 0. The molecule has 8 N–H and O–H groups in total. The largest absolute Gasteiger partial charge is 0.397 e. The van der Waals surface area contributed by atoms with E-state index in [4.69, 9.17) is 79.8 Å². The predicted molar refractivity (Wildman–Crippen MR) is 334 cm³/mol. The molecule has 13 saturated heterocycles. The number of rotatable bonds is 18. The summed E-state index contributed by atoms with van der Waals surface area (Å²) in [6, 6.07) is 0. The molecule has 0 amide bonds. The van der Waals surface area contributed by atoms with Crippen LogP contribution in [-0.4, -0.2) is 276 Å². The van der Waals surface area contributed by atoms with Crippen molar-refractivity contribution in [2.75, 3.05) is 19.8 Å². The van der Waals surface area contributed by atoms with E-state index in [1.807, 2.05) is 6.92 Å². The Kier molecular flexibility index (Phi) is 20.9. The Morgan fingerprint density at radius 2 is 1.23 bits per heavy atom. The molecule has 0 aromatic heterocycles. The minimum atomic E-state index is -4.95. The standard InChI is InChI=1S/C66H100O29S2/c1-10-12-31(2)13-17-62(5,72)58-33(4)21-42-41(87-58)27-51-66(9,93-42)59(91-61-55(71)53(69)47(89-61)30-79-60-54(70)52(68)46(29-67)88-60)57-45(86-51)25-44-56(90-57)32(3)14-18-64(7)49(85-44)28-48-65(8,95-64)19-15-34-35(84-48)22-37-36(81-34)23-38-39(82-37)24-43-40(83-38)26-50(94-97(76,77)78)63(6,92-43)16-11-20-80-96(73,74)75/h10,13,17,32,34-61,67-72H,1-2,4,11-12,14-16,18-30H2,3,5-9H3,(H,73,74,75)(H,76,77,78)/b17-13+/t32-,34-,35+,36+,37-,38-,39+,40+,41+,42-,43-,44-,45+,46+,47+,48-,49+,50-,51-,52-,53-,54-,55-,56+,57+,58+,59+,60+,61-,62+,63+,64-,65+,66-/m0/s1. The highest BCUT2D eigenvalue weighted by molar-refractivity contribution is 7.81. The van der Waals surface area contributed by atoms with Crippen LogP contribution in [0.1, 0.15) is 138 Å². The van der Waals surface area contributed by atoms with Crippen molar-refractivity contribution in [3.8, 4) is 0 Å². The third kappa shape index (κ3) is 14.7. The second-order valence-corrected chi connectivity index (χ2v) is 32.7. The van der Waals surface area contributed by atoms with E-state index in [0.29, 0.717) is 76.2 Å². The van der Waals surface area contributed by atoms with Crippen LogP contribution in [0.2, 0.25) is 0 Å². The summed E-state index contributed by atoms with van der Waals surface area (Å²) in [5.74, 6) is -0.0953. The fourth-order valence-corrected chi connectivity index (χ4v) is 18.9. The van der Waals surface area contributed by atoms with Crippen LogP contribution in [0, 0.1) is 5.92 Å². The molecule has 0 aromatic rings. The Morgan fingerprint density at radius 3 is 1.89 bits per heavy atom. The zero-order valence-corrected chi connectivity index (χ0v) is 57.4. The van der Waals surface area contributed by atoms with Crippen molar-refractivity contribution in [1.82, 2.24) is 0 Å². The van der Waals surface area contributed by atoms with E-state index in [0.717, 1.165) is 5.57 Å². The molecule has 13 aliphatic heterocycles. The van der Waals surface area contributed by atoms with Gasteiger partial charge in [-0.1, -0.05) is 43.9 Å². The fraction of sp³-hybridized carbons (Fsp3) is 0.879. The molecule has 31 heteroatoms. The molecule has 550 valence electrons. The number of aliphatic hydroxyl groups is 6. The SMILES string of the molecule is C=CCC(=C)/C=C/[C@@](C)(O)[C@@H]1O[C@@H]2C[C@@H]3O[C@@H]4C[C@@H]5O[C@@H]6C[C@@H]7O[C@@H]8C[C@@H]9O[C@@H]%10C[C@@H]%11O[C@](C)(CCCOS(=O)(=O)O)[C@@H](OS(=O)(=O)O)C[C@H]%11O[C@H]%10C[C@H]9O[C@H]8CC[C@@]7(C)O[C@@]6(C)CC[C@H](C)[C@H]5O[C@H]4[C@@H](O[C@@H]4O[C@H](CO[C@@H]5O[C@H](CO)[C@H](O)[C@@H]5O)[C@H](O)[C@@H]4O)[C@@]3(C)O[C@H]2CC1=C. The number of allylic oxidation sites excluding steroid dienone is 3. The van der Waals surface area contributed by atoms with Crippen molar-refractivity contribution in [2.24, 2.45) is 5.92 Å². The summed E-state index contributed by atoms with van der Waals surface area (Å²) < 4.78 is 178. The van der Waals surface area contributed by atoms with Gasteiger partial charge in [0.1, 0.15) is 72.2 Å². The highest BCUT2D eigenvalue weighted by Crippen LogP contribution is 2.55. The Hall–Kier alpha value is -2.14. The van der Waals surface area contributed by atoms with Gasteiger partial charge in [-0.2, -0.15) is 16.8 Å². The Bertz CT molecular complexity index is 3120. The molecule has 29 nitrogen and oxygen atoms in total. The summed E-state index contributed by atoms with van der Waals surface area (Å²) in [4.78, 5) is 0. The molecular formula is C66H100O29S2. The molecule has 97 heavy (non-hydrogen) atoms. The van der Waals surface area contributed by atoms with Crippen molar-refractivity contribution in [3.63, 3.8) is 0 Å². The number of hydrogen-bond donors (Lipinski definition) is 8. The van der Waals surface area contributed by atoms with Gasteiger partial charge in [0.15, 0.2) is 12.6 Å². The van der Waals surface area contributed by atoms with E-state index in [9.17, 15) is 52.0 Å². The lowest BCUT2D eigenvalue weighted by molar-refractivity contribution is -0.387. The van der Waals surface area contributed by atoms with Gasteiger partial charge in [0, 0.05) is 44.9 Å². The van der Waals surface area contributed by atoms with Crippen LogP contribution >= 0.6 is 0 Å². The second kappa shape index (κ2) is 27.7. The van der Waals surface area contributed by atoms with Gasteiger partial charge in [0.2, 0.25) is 0 Å². The molecule has 13 aliphatic rings. The minimum Gasteiger partial charge on any atom is -0.394 e. The third-order valence-corrected chi connectivity index (χ3v) is 24.3. The van der Waals surface area contributed by atoms with Crippen molar-refractivity contribution < 1.29 is 136 Å². The first-order valence-electron chi connectivity index (χ1n) is 34.5. The first-order chi connectivity index (χ1) is 45.7. The average molecular weight is 1420 g/mol. The zero-order chi connectivity index (χ0) is 69.3. The number of fused-ring (bicyclic) bond motifs is 10. The minimum absolute atomic E-state index is 0.0312. The van der Waals surface area contributed by atoms with Gasteiger partial charge in [-0.3, -0.25) is 9.11 Å². The summed E-state index contributed by atoms with van der Waals surface area (Å²) in [7, 11) is -9.67. The van der Waals surface area contributed by atoms with E-state index in [1.54, 1.807) is 32.1 Å². The van der Waals surface area contributed by atoms with Crippen molar-refractivity contribution in [2.45, 2.75) is 337 Å². The summed E-state index contributed by atoms with van der Waals surface area (Å²) in [5, 5.41) is 65.8. The number of aliphatic hydroxyl groups excluding tert-OH is 5. The van der Waals surface area contributed by atoms with Crippen LogP contribution < -0.4 is 0 Å². The van der Waals surface area contributed by atoms with Crippen molar-refractivity contribution >= 4 is 20.8 Å². The summed E-state index contributed by atoms with van der Waals surface area (Å²) in [6.07, 6.45) is -12.1. The summed E-state index contributed by atoms with van der Waals surface area (Å²) in [5.41, 5.74) is -4.29. The predicted octanol–water partition coefficient (Wildman–Crippen LogP) is 2.38. The van der Waals surface area contributed by atoms with Crippen LogP contribution in [0.25, 0.3) is 0 Å². The Balaban J connectivity index is 0.710. The first-order valence-corrected chi connectivity index (χ1v) is 37.2. The highest BCUT2D eigenvalue weighted by atomic mass is 32.3. The maximum Gasteiger partial charge on any atom is 0.397 e. The van der Waals surface area contributed by atoms with Gasteiger partial charge >= 0.3 is 20.8 Å². The smallest absolute Gasteiger partial charge is 0.394 e. The first kappa shape index (κ1) is 73.2. The quantitative estimate of drug-likeness (QED) is 0.0423. The van der Waals surface area contributed by atoms with Gasteiger partial charge < -0.3 is 102 Å². The van der Waals surface area contributed by atoms with Crippen LogP contribution in [0.5, 0.6) is 0 Å². The van der Waals surface area contributed by atoms with Crippen LogP contribution in [0.4, 0.5) is 0 Å². The molecular weight excluding hydrogens is 1320 g/mol. The maximum atomic E-state index is 12.1. The summed E-state index contributed by atoms with van der Waals surface area (Å²) in [6.45, 7) is 22.4. The molecule has 0 unspecified atom stereocenters. The second-order valence-electron chi connectivity index (χ2n) is 30.5. The lowest BCUT2D eigenvalue weighted by Gasteiger charge is -2.61. The van der Waals surface area contributed by atoms with Gasteiger partial charge in [-0.25, -0.2) is 8.37 Å². The molecule has 34 atom stereocenters. The van der Waals surface area contributed by atoms with Crippen LogP contribution in [-0.2, 0) is 100 Å². The van der Waals surface area contributed by atoms with Crippen molar-refractivity contribution in [1.29, 1.82) is 0 Å². The van der Waals surface area contributed by atoms with Crippen molar-refractivity contribution in [3.05, 3.63) is 49.1 Å². The molecule has 13 fully saturated rings. The van der Waals surface area contributed by atoms with Gasteiger partial charge in [-0.05, 0) is 97.5 Å². The lowest BCUT2D eigenvalue weighted by Crippen LogP contribution is -2.75. The van der Waals surface area contributed by atoms with E-state index in [1.165, 1.54) is 0 Å². The average Bonchev–Trinajstić information content (AvgIpc) is 1.63. The monoisotopic (exact) mass is 1420 g/mol. The number of hydrogen-bond acceptors (Lipinski definition) is 27. The molecule has 0 saturated carbocycles. The number of ether oxygens (including phenoxy) is 15. The lowest BCUT2D eigenvalue weighted by atomic mass is 9.72. The Labute approximate surface area is 566 Å². The zero-order valence-electron chi connectivity index (χ0n) is 55.8. The highest BCUT2D eigenvalue weighted by Gasteiger charge is 2.67. The van der Waals surface area contributed by atoms with Gasteiger partial charge in [0.25, 0.3) is 0 Å². The normalized spacial score (nSPS) is 51.2. The van der Waals surface area contributed by atoms with E-state index in [-0.39, 0.29) is 56.0 Å². The molecule has 0 aromatic carbocycles. The molecule has 0 bridgehead atoms. The molecule has 13 heterocycles. The Morgan fingerprint density at radius 1 is 0.649 bits per heavy atom. The van der Waals surface area contributed by atoms with E-state index >= 15 is 0 Å². The molecule has 0 aliphatic carbocycles. The topological polar surface area (TPSA) is 387 Å². The van der Waals surface area contributed by atoms with E-state index in [2.05, 4.69) is 44.7 Å². The van der Waals surface area contributed by atoms with Gasteiger partial charge in [0.05, 0.1) is 134 Å².